The lowest BCUT2D eigenvalue weighted by Crippen LogP contribution is -2.21. The number of nitrogens with one attached hydrogen (secondary N) is 1. The van der Waals surface area contributed by atoms with Crippen LogP contribution in [0.2, 0.25) is 0 Å². The van der Waals surface area contributed by atoms with E-state index in [9.17, 15) is 5.11 Å². The van der Waals surface area contributed by atoms with Crippen molar-refractivity contribution in [2.24, 2.45) is 4.99 Å². The number of anilines is 2. The largest absolute Gasteiger partial charge is 0.395 e. The zero-order chi connectivity index (χ0) is 20.7. The second-order valence-electron chi connectivity index (χ2n) is 8.24. The van der Waals surface area contributed by atoms with E-state index in [1.807, 2.05) is 67.2 Å². The van der Waals surface area contributed by atoms with Crippen molar-refractivity contribution < 1.29 is 5.11 Å². The zero-order valence-electron chi connectivity index (χ0n) is 17.0. The van der Waals surface area contributed by atoms with E-state index in [1.54, 1.807) is 6.20 Å². The number of rotatable bonds is 5. The molecule has 6 heteroatoms. The fourth-order valence-electron chi connectivity index (χ4n) is 3.66. The quantitative estimate of drug-likeness (QED) is 0.513. The summed E-state index contributed by atoms with van der Waals surface area (Å²) >= 11 is 0. The molecule has 5 rings (SSSR count). The SMILES string of the molecule is CC(C)(CO)c1ccc(Nc2nc(-c3ccc4c(c3)CC=N4)cn3ccnc23)cc1. The molecule has 0 amide bonds. The molecule has 0 fully saturated rings. The number of benzene rings is 2. The molecule has 1 aliphatic heterocycles. The number of imidazole rings is 1. The van der Waals surface area contributed by atoms with Gasteiger partial charge in [-0.2, -0.15) is 0 Å². The molecule has 2 aromatic heterocycles. The van der Waals surface area contributed by atoms with Gasteiger partial charge in [0.25, 0.3) is 0 Å². The van der Waals surface area contributed by atoms with Gasteiger partial charge in [0.1, 0.15) is 0 Å². The van der Waals surface area contributed by atoms with Gasteiger partial charge in [-0.15, -0.1) is 0 Å². The van der Waals surface area contributed by atoms with Gasteiger partial charge in [-0.3, -0.25) is 4.99 Å². The molecule has 30 heavy (non-hydrogen) atoms. The predicted molar refractivity (Wildman–Crippen MR) is 120 cm³/mol. The monoisotopic (exact) mass is 397 g/mol. The van der Waals surface area contributed by atoms with Crippen LogP contribution in [0.15, 0.2) is 66.0 Å². The number of aromatic nitrogens is 3. The molecule has 150 valence electrons. The third-order valence-corrected chi connectivity index (χ3v) is 5.62. The maximum atomic E-state index is 9.60. The van der Waals surface area contributed by atoms with Crippen LogP contribution in [-0.2, 0) is 11.8 Å². The van der Waals surface area contributed by atoms with Crippen LogP contribution in [0.3, 0.4) is 0 Å². The van der Waals surface area contributed by atoms with Gasteiger partial charge >= 0.3 is 0 Å². The molecule has 4 aromatic rings. The number of aliphatic hydroxyl groups is 1. The maximum Gasteiger partial charge on any atom is 0.180 e. The lowest BCUT2D eigenvalue weighted by molar-refractivity contribution is 0.218. The number of fused-ring (bicyclic) bond motifs is 2. The first-order chi connectivity index (χ1) is 14.5. The first kappa shape index (κ1) is 18.5. The van der Waals surface area contributed by atoms with Gasteiger partial charge in [0, 0.05) is 47.9 Å². The number of hydrogen-bond acceptors (Lipinski definition) is 5. The van der Waals surface area contributed by atoms with Gasteiger partial charge in [-0.1, -0.05) is 32.0 Å². The Kier molecular flexibility index (Phi) is 4.37. The average molecular weight is 397 g/mol. The van der Waals surface area contributed by atoms with Crippen molar-refractivity contribution in [2.45, 2.75) is 25.7 Å². The number of aliphatic imine (C=N–C) groups is 1. The van der Waals surface area contributed by atoms with E-state index in [2.05, 4.69) is 27.4 Å². The molecule has 6 nitrogen and oxygen atoms in total. The molecule has 2 N–H and O–H groups in total. The Balaban J connectivity index is 1.51. The highest BCUT2D eigenvalue weighted by atomic mass is 16.3. The molecular weight excluding hydrogens is 374 g/mol. The summed E-state index contributed by atoms with van der Waals surface area (Å²) in [7, 11) is 0. The van der Waals surface area contributed by atoms with Crippen LogP contribution in [0.25, 0.3) is 16.9 Å². The number of hydrogen-bond donors (Lipinski definition) is 2. The summed E-state index contributed by atoms with van der Waals surface area (Å²) < 4.78 is 1.98. The maximum absolute atomic E-state index is 9.60. The minimum absolute atomic E-state index is 0.101. The molecule has 0 saturated carbocycles. The third kappa shape index (κ3) is 3.25. The van der Waals surface area contributed by atoms with E-state index in [4.69, 9.17) is 4.98 Å². The molecule has 3 heterocycles. The summed E-state index contributed by atoms with van der Waals surface area (Å²) in [6, 6.07) is 14.3. The van der Waals surface area contributed by atoms with E-state index in [-0.39, 0.29) is 12.0 Å². The van der Waals surface area contributed by atoms with E-state index in [0.29, 0.717) is 5.82 Å². The first-order valence-corrected chi connectivity index (χ1v) is 10.0. The Bertz CT molecular complexity index is 1250. The standard InChI is InChI=1S/C24H23N5O/c1-24(2,15-30)18-4-6-19(7-5-18)27-22-23-26-11-12-29(23)14-21(28-22)16-3-8-20-17(13-16)9-10-25-20/h3-8,10-14,30H,9,15H2,1-2H3,(H,27,28). The van der Waals surface area contributed by atoms with Crippen LogP contribution >= 0.6 is 0 Å². The van der Waals surface area contributed by atoms with E-state index in [1.165, 1.54) is 5.56 Å². The molecule has 0 saturated heterocycles. The van der Waals surface area contributed by atoms with Crippen LogP contribution in [0, 0.1) is 0 Å². The van der Waals surface area contributed by atoms with Crippen molar-refractivity contribution in [1.29, 1.82) is 0 Å². The predicted octanol–water partition coefficient (Wildman–Crippen LogP) is 4.67. The Morgan fingerprint density at radius 2 is 1.97 bits per heavy atom. The molecule has 0 bridgehead atoms. The second-order valence-corrected chi connectivity index (χ2v) is 8.24. The average Bonchev–Trinajstić information content (AvgIpc) is 3.43. The number of aliphatic hydroxyl groups excluding tert-OH is 1. The van der Waals surface area contributed by atoms with Gasteiger partial charge in [-0.25, -0.2) is 9.97 Å². The van der Waals surface area contributed by atoms with Gasteiger partial charge in [0.05, 0.1) is 18.0 Å². The molecule has 0 unspecified atom stereocenters. The molecular formula is C24H23N5O. The smallest absolute Gasteiger partial charge is 0.180 e. The van der Waals surface area contributed by atoms with Crippen molar-refractivity contribution in [3.63, 3.8) is 0 Å². The highest BCUT2D eigenvalue weighted by Gasteiger charge is 2.19. The fourth-order valence-corrected chi connectivity index (χ4v) is 3.66. The summed E-state index contributed by atoms with van der Waals surface area (Å²) in [5.74, 6) is 0.698. The Morgan fingerprint density at radius 3 is 2.77 bits per heavy atom. The van der Waals surface area contributed by atoms with Crippen LogP contribution in [0.1, 0.15) is 25.0 Å². The van der Waals surface area contributed by atoms with Crippen molar-refractivity contribution >= 4 is 29.1 Å². The van der Waals surface area contributed by atoms with Crippen molar-refractivity contribution in [3.8, 4) is 11.3 Å². The second kappa shape index (κ2) is 7.07. The van der Waals surface area contributed by atoms with Crippen LogP contribution in [0.4, 0.5) is 17.2 Å². The van der Waals surface area contributed by atoms with Crippen molar-refractivity contribution in [2.75, 3.05) is 11.9 Å². The lowest BCUT2D eigenvalue weighted by atomic mass is 9.85. The van der Waals surface area contributed by atoms with Gasteiger partial charge < -0.3 is 14.8 Å². The molecule has 0 atom stereocenters. The normalized spacial score (nSPS) is 13.0. The van der Waals surface area contributed by atoms with Crippen LogP contribution in [0.5, 0.6) is 0 Å². The Hall–Kier alpha value is -3.51. The van der Waals surface area contributed by atoms with Crippen LogP contribution < -0.4 is 5.32 Å². The minimum Gasteiger partial charge on any atom is -0.395 e. The van der Waals surface area contributed by atoms with Gasteiger partial charge in [0.2, 0.25) is 0 Å². The highest BCUT2D eigenvalue weighted by Crippen LogP contribution is 2.31. The molecule has 2 aromatic carbocycles. The Labute approximate surface area is 175 Å². The third-order valence-electron chi connectivity index (χ3n) is 5.62. The summed E-state index contributed by atoms with van der Waals surface area (Å²) in [5.41, 5.74) is 6.68. The number of nitrogens with zero attached hydrogens (tertiary/aromatic N) is 4. The van der Waals surface area contributed by atoms with Crippen molar-refractivity contribution in [1.82, 2.24) is 14.4 Å². The molecule has 1 aliphatic rings. The van der Waals surface area contributed by atoms with Crippen molar-refractivity contribution in [3.05, 3.63) is 72.2 Å². The molecule has 0 spiro atoms. The highest BCUT2D eigenvalue weighted by molar-refractivity contribution is 5.79. The molecule has 0 aliphatic carbocycles. The lowest BCUT2D eigenvalue weighted by Gasteiger charge is -2.22. The fraction of sp³-hybridized carbons (Fsp3) is 0.208. The summed E-state index contributed by atoms with van der Waals surface area (Å²) in [4.78, 5) is 13.7. The summed E-state index contributed by atoms with van der Waals surface area (Å²) in [5, 5.41) is 13.0. The van der Waals surface area contributed by atoms with E-state index < -0.39 is 0 Å². The van der Waals surface area contributed by atoms with E-state index >= 15 is 0 Å². The summed E-state index contributed by atoms with van der Waals surface area (Å²) in [6.07, 6.45) is 8.50. The summed E-state index contributed by atoms with van der Waals surface area (Å²) in [6.45, 7) is 4.15. The Morgan fingerprint density at radius 1 is 1.13 bits per heavy atom. The molecule has 0 radical (unpaired) electrons. The topological polar surface area (TPSA) is 74.8 Å². The van der Waals surface area contributed by atoms with Gasteiger partial charge in [-0.05, 0) is 35.4 Å². The van der Waals surface area contributed by atoms with E-state index in [0.717, 1.165) is 40.3 Å². The zero-order valence-corrected chi connectivity index (χ0v) is 17.0. The minimum atomic E-state index is -0.273. The van der Waals surface area contributed by atoms with Gasteiger partial charge in [0.15, 0.2) is 11.5 Å². The first-order valence-electron chi connectivity index (χ1n) is 10.0. The van der Waals surface area contributed by atoms with Crippen LogP contribution in [-0.4, -0.2) is 32.3 Å².